The van der Waals surface area contributed by atoms with Crippen molar-refractivity contribution in [1.29, 1.82) is 0 Å². The Bertz CT molecular complexity index is 929. The topological polar surface area (TPSA) is 139 Å². The number of fused-ring (bicyclic) bond motifs is 2. The van der Waals surface area contributed by atoms with Gasteiger partial charge in [0.15, 0.2) is 0 Å². The first kappa shape index (κ1) is 15.2. The molecular weight excluding hydrogens is 328 g/mol. The third kappa shape index (κ3) is 2.09. The van der Waals surface area contributed by atoms with E-state index in [2.05, 4.69) is 9.47 Å². The highest BCUT2D eigenvalue weighted by atomic mass is 16.6. The summed E-state index contributed by atoms with van der Waals surface area (Å²) in [6, 6.07) is 8.54. The Morgan fingerprint density at radius 2 is 0.960 bits per heavy atom. The SMILES string of the molecule is NC(N)(c1ccc2c(c1)C(=O)OC2=O)c1ccc2c(c1)C(=O)OC2=O. The van der Waals surface area contributed by atoms with Crippen LogP contribution in [0.3, 0.4) is 0 Å². The van der Waals surface area contributed by atoms with E-state index in [1.54, 1.807) is 0 Å². The van der Waals surface area contributed by atoms with E-state index < -0.39 is 29.5 Å². The highest BCUT2D eigenvalue weighted by Crippen LogP contribution is 2.30. The molecule has 0 amide bonds. The Kier molecular flexibility index (Phi) is 2.93. The van der Waals surface area contributed by atoms with E-state index in [0.29, 0.717) is 11.1 Å². The Morgan fingerprint density at radius 3 is 1.36 bits per heavy atom. The summed E-state index contributed by atoms with van der Waals surface area (Å²) in [7, 11) is 0. The van der Waals surface area contributed by atoms with Crippen LogP contribution >= 0.6 is 0 Å². The van der Waals surface area contributed by atoms with E-state index in [-0.39, 0.29) is 22.3 Å². The zero-order chi connectivity index (χ0) is 17.9. The number of carbonyl (C=O) groups is 4. The second kappa shape index (κ2) is 4.82. The zero-order valence-electron chi connectivity index (χ0n) is 12.6. The van der Waals surface area contributed by atoms with Gasteiger partial charge in [-0.15, -0.1) is 0 Å². The monoisotopic (exact) mass is 338 g/mol. The molecule has 0 fully saturated rings. The van der Waals surface area contributed by atoms with Crippen molar-refractivity contribution in [2.75, 3.05) is 0 Å². The van der Waals surface area contributed by atoms with Gasteiger partial charge in [0.1, 0.15) is 5.66 Å². The summed E-state index contributed by atoms with van der Waals surface area (Å²) in [5.41, 5.74) is 11.9. The molecule has 0 saturated carbocycles. The molecule has 2 aromatic rings. The van der Waals surface area contributed by atoms with Gasteiger partial charge in [0.25, 0.3) is 0 Å². The molecule has 8 heteroatoms. The number of hydrogen-bond acceptors (Lipinski definition) is 8. The fourth-order valence-electron chi connectivity index (χ4n) is 2.85. The molecule has 0 bridgehead atoms. The molecule has 4 rings (SSSR count). The average Bonchev–Trinajstić information content (AvgIpc) is 3.03. The summed E-state index contributed by atoms with van der Waals surface area (Å²) in [5, 5.41) is 0. The van der Waals surface area contributed by atoms with Crippen LogP contribution in [-0.4, -0.2) is 23.9 Å². The van der Waals surface area contributed by atoms with Crippen LogP contribution in [0.5, 0.6) is 0 Å². The lowest BCUT2D eigenvalue weighted by molar-refractivity contribution is 0.0425. The highest BCUT2D eigenvalue weighted by molar-refractivity contribution is 6.15. The van der Waals surface area contributed by atoms with Crippen LogP contribution in [0.25, 0.3) is 0 Å². The van der Waals surface area contributed by atoms with E-state index in [4.69, 9.17) is 11.5 Å². The van der Waals surface area contributed by atoms with Crippen LogP contribution in [0.2, 0.25) is 0 Å². The molecule has 2 aliphatic rings. The quantitative estimate of drug-likeness (QED) is 0.456. The number of hydrogen-bond donors (Lipinski definition) is 2. The normalized spacial score (nSPS) is 15.8. The van der Waals surface area contributed by atoms with Crippen LogP contribution < -0.4 is 11.5 Å². The summed E-state index contributed by atoms with van der Waals surface area (Å²) < 4.78 is 9.07. The smallest absolute Gasteiger partial charge is 0.346 e. The zero-order valence-corrected chi connectivity index (χ0v) is 12.6. The first-order valence-electron chi connectivity index (χ1n) is 7.19. The predicted octanol–water partition coefficient (Wildman–Crippen LogP) is 0.426. The van der Waals surface area contributed by atoms with Crippen molar-refractivity contribution in [1.82, 2.24) is 0 Å². The maximum absolute atomic E-state index is 11.7. The lowest BCUT2D eigenvalue weighted by Crippen LogP contribution is -2.47. The van der Waals surface area contributed by atoms with Crippen molar-refractivity contribution in [2.24, 2.45) is 11.5 Å². The molecule has 8 nitrogen and oxygen atoms in total. The van der Waals surface area contributed by atoms with Crippen molar-refractivity contribution in [2.45, 2.75) is 5.66 Å². The summed E-state index contributed by atoms with van der Waals surface area (Å²) in [5.74, 6) is -3.02. The molecule has 4 N–H and O–H groups in total. The van der Waals surface area contributed by atoms with Gasteiger partial charge in [-0.05, 0) is 35.4 Å². The molecule has 25 heavy (non-hydrogen) atoms. The minimum absolute atomic E-state index is 0.0681. The van der Waals surface area contributed by atoms with Gasteiger partial charge in [0.2, 0.25) is 0 Å². The number of cyclic esters (lactones) is 4. The van der Waals surface area contributed by atoms with E-state index in [9.17, 15) is 19.2 Å². The number of ether oxygens (including phenoxy) is 2. The molecule has 2 aromatic carbocycles. The number of esters is 4. The largest absolute Gasteiger partial charge is 0.386 e. The Morgan fingerprint density at radius 1 is 0.600 bits per heavy atom. The number of rotatable bonds is 2. The molecular formula is C17H10N2O6. The third-order valence-corrected chi connectivity index (χ3v) is 4.24. The molecule has 0 unspecified atom stereocenters. The van der Waals surface area contributed by atoms with Crippen molar-refractivity contribution in [3.63, 3.8) is 0 Å². The second-order valence-electron chi connectivity index (χ2n) is 5.74. The lowest BCUT2D eigenvalue weighted by Gasteiger charge is -2.26. The van der Waals surface area contributed by atoms with Crippen molar-refractivity contribution < 1.29 is 28.7 Å². The van der Waals surface area contributed by atoms with Gasteiger partial charge in [-0.1, -0.05) is 12.1 Å². The lowest BCUT2D eigenvalue weighted by atomic mass is 9.89. The molecule has 2 aliphatic heterocycles. The third-order valence-electron chi connectivity index (χ3n) is 4.24. The van der Waals surface area contributed by atoms with Crippen molar-refractivity contribution in [3.05, 3.63) is 69.8 Å². The number of carbonyl (C=O) groups excluding carboxylic acids is 4. The highest BCUT2D eigenvalue weighted by Gasteiger charge is 2.35. The van der Waals surface area contributed by atoms with Gasteiger partial charge in [-0.3, -0.25) is 0 Å². The van der Waals surface area contributed by atoms with Crippen LogP contribution in [0.15, 0.2) is 36.4 Å². The molecule has 0 aliphatic carbocycles. The summed E-state index contributed by atoms with van der Waals surface area (Å²) >= 11 is 0. The average molecular weight is 338 g/mol. The minimum Gasteiger partial charge on any atom is -0.386 e. The maximum Gasteiger partial charge on any atom is 0.346 e. The first-order valence-corrected chi connectivity index (χ1v) is 7.19. The summed E-state index contributed by atoms with van der Waals surface area (Å²) in [4.78, 5) is 46.4. The van der Waals surface area contributed by atoms with Gasteiger partial charge < -0.3 is 20.9 Å². The Balaban J connectivity index is 1.81. The summed E-state index contributed by atoms with van der Waals surface area (Å²) in [6.45, 7) is 0. The van der Waals surface area contributed by atoms with Crippen LogP contribution in [0.4, 0.5) is 0 Å². The van der Waals surface area contributed by atoms with Gasteiger partial charge in [0.05, 0.1) is 22.3 Å². The van der Waals surface area contributed by atoms with Crippen molar-refractivity contribution >= 4 is 23.9 Å². The Labute approximate surface area is 140 Å². The van der Waals surface area contributed by atoms with E-state index >= 15 is 0 Å². The maximum atomic E-state index is 11.7. The van der Waals surface area contributed by atoms with Crippen LogP contribution in [-0.2, 0) is 15.1 Å². The molecule has 0 aromatic heterocycles. The molecule has 0 atom stereocenters. The molecule has 0 spiro atoms. The van der Waals surface area contributed by atoms with Gasteiger partial charge in [0, 0.05) is 0 Å². The van der Waals surface area contributed by atoms with Crippen molar-refractivity contribution in [3.8, 4) is 0 Å². The van der Waals surface area contributed by atoms with Crippen LogP contribution in [0, 0.1) is 0 Å². The molecule has 0 radical (unpaired) electrons. The fraction of sp³-hybridized carbons (Fsp3) is 0.0588. The van der Waals surface area contributed by atoms with E-state index in [1.165, 1.54) is 36.4 Å². The summed E-state index contributed by atoms with van der Waals surface area (Å²) in [6.07, 6.45) is 0. The number of benzene rings is 2. The predicted molar refractivity (Wildman–Crippen MR) is 81.5 cm³/mol. The molecule has 0 saturated heterocycles. The first-order chi connectivity index (χ1) is 11.8. The fourth-order valence-corrected chi connectivity index (χ4v) is 2.85. The second-order valence-corrected chi connectivity index (χ2v) is 5.74. The van der Waals surface area contributed by atoms with Gasteiger partial charge >= 0.3 is 23.9 Å². The van der Waals surface area contributed by atoms with E-state index in [0.717, 1.165) is 0 Å². The van der Waals surface area contributed by atoms with Gasteiger partial charge in [-0.25, -0.2) is 19.2 Å². The van der Waals surface area contributed by atoms with Crippen LogP contribution in [0.1, 0.15) is 52.6 Å². The minimum atomic E-state index is -1.58. The molecule has 124 valence electrons. The van der Waals surface area contributed by atoms with E-state index in [1.807, 2.05) is 0 Å². The molecule has 2 heterocycles. The van der Waals surface area contributed by atoms with Gasteiger partial charge in [-0.2, -0.15) is 0 Å². The number of nitrogens with two attached hydrogens (primary N) is 2. The standard InChI is InChI=1S/C17H10N2O6/c18-17(19,7-1-3-9-11(5-7)15(22)24-13(9)20)8-2-4-10-12(6-8)16(23)25-14(10)21/h1-6H,18-19H2. The Hall–Kier alpha value is -3.36.